The first-order chi connectivity index (χ1) is 13.3. The number of nitrogens with zero attached hydrogens (tertiary/aromatic N) is 3. The zero-order chi connectivity index (χ0) is 20.1. The number of hydrogen-bond acceptors (Lipinski definition) is 3. The summed E-state index contributed by atoms with van der Waals surface area (Å²) in [5.41, 5.74) is 3.29. The summed E-state index contributed by atoms with van der Waals surface area (Å²) in [6.45, 7) is 6.10. The first-order valence-corrected chi connectivity index (χ1v) is 9.95. The number of fused-ring (bicyclic) bond motifs is 2. The van der Waals surface area contributed by atoms with Crippen molar-refractivity contribution in [1.82, 2.24) is 4.57 Å². The molecule has 28 heavy (non-hydrogen) atoms. The van der Waals surface area contributed by atoms with Crippen LogP contribution in [0, 0.1) is 11.3 Å². The van der Waals surface area contributed by atoms with Crippen LogP contribution in [0.5, 0.6) is 0 Å². The zero-order valence-electron chi connectivity index (χ0n) is 17.0. The Morgan fingerprint density at radius 2 is 1.93 bits per heavy atom. The second-order valence-corrected chi connectivity index (χ2v) is 8.66. The number of hydrogen-bond donors (Lipinski definition) is 0. The molecule has 0 spiro atoms. The van der Waals surface area contributed by atoms with Crippen LogP contribution in [0.3, 0.4) is 0 Å². The second kappa shape index (κ2) is 6.73. The van der Waals surface area contributed by atoms with Gasteiger partial charge in [-0.15, -0.1) is 0 Å². The molecule has 1 amide bonds. The monoisotopic (exact) mass is 377 g/mol. The Hall–Kier alpha value is -2.69. The molecule has 1 fully saturated rings. The maximum absolute atomic E-state index is 13.4. The molecule has 0 N–H and O–H groups in total. The highest BCUT2D eigenvalue weighted by Gasteiger charge is 2.48. The third-order valence-electron chi connectivity index (χ3n) is 5.88. The van der Waals surface area contributed by atoms with E-state index >= 15 is 0 Å². The van der Waals surface area contributed by atoms with Crippen LogP contribution in [-0.2, 0) is 16.6 Å². The van der Waals surface area contributed by atoms with Gasteiger partial charge in [0.2, 0.25) is 5.91 Å². The van der Waals surface area contributed by atoms with Crippen LogP contribution in [0.25, 0.3) is 0 Å². The van der Waals surface area contributed by atoms with Gasteiger partial charge < -0.3 is 9.47 Å². The third kappa shape index (κ3) is 2.99. The van der Waals surface area contributed by atoms with Gasteiger partial charge in [-0.25, -0.2) is 0 Å². The number of para-hydroxylation sites is 2. The largest absolute Gasteiger partial charge is 0.353 e. The fourth-order valence-electron chi connectivity index (χ4n) is 4.66. The van der Waals surface area contributed by atoms with Crippen molar-refractivity contribution in [3.8, 4) is 0 Å². The first-order valence-electron chi connectivity index (χ1n) is 9.95. The number of benzene rings is 1. The average molecular weight is 377 g/mol. The molecule has 2 aromatic rings. The molecular formula is C23H27N3O2. The Balaban J connectivity index is 2.00. The van der Waals surface area contributed by atoms with E-state index in [1.54, 1.807) is 0 Å². The van der Waals surface area contributed by atoms with Gasteiger partial charge in [0.25, 0.3) is 0 Å². The first kappa shape index (κ1) is 18.7. The molecule has 5 heteroatoms. The van der Waals surface area contributed by atoms with Crippen LogP contribution >= 0.6 is 0 Å². The van der Waals surface area contributed by atoms with Crippen molar-refractivity contribution in [2.45, 2.75) is 46.1 Å². The highest BCUT2D eigenvalue weighted by Crippen LogP contribution is 2.48. The zero-order valence-corrected chi connectivity index (χ0v) is 17.0. The van der Waals surface area contributed by atoms with Crippen LogP contribution in [-0.4, -0.2) is 22.0 Å². The molecule has 1 aromatic heterocycles. The minimum absolute atomic E-state index is 0.00716. The minimum Gasteiger partial charge on any atom is -0.353 e. The Bertz CT molecular complexity index is 970. The number of carbonyl (C=O) groups excluding carboxylic acids is 2. The standard InChI is InChI=1S/C23H27N3O2/c1-5-20(28)26-17-10-7-6-9-15(17)24-16-13-23(2,3)14-19(27)21(16)22(26)18-11-8-12-25(18)4/h6-12,21-22H,5,13-14H2,1-4H3. The van der Waals surface area contributed by atoms with Gasteiger partial charge in [0.1, 0.15) is 5.78 Å². The number of aryl methyl sites for hydroxylation is 1. The van der Waals surface area contributed by atoms with E-state index in [0.29, 0.717) is 12.8 Å². The van der Waals surface area contributed by atoms with Gasteiger partial charge in [-0.2, -0.15) is 0 Å². The maximum atomic E-state index is 13.4. The van der Waals surface area contributed by atoms with Gasteiger partial charge in [-0.1, -0.05) is 32.9 Å². The molecule has 2 atom stereocenters. The summed E-state index contributed by atoms with van der Waals surface area (Å²) in [5.74, 6) is -0.236. The second-order valence-electron chi connectivity index (χ2n) is 8.66. The molecule has 0 radical (unpaired) electrons. The van der Waals surface area contributed by atoms with Crippen molar-refractivity contribution in [2.75, 3.05) is 4.90 Å². The van der Waals surface area contributed by atoms with E-state index in [4.69, 9.17) is 4.99 Å². The number of aromatic nitrogens is 1. The predicted molar refractivity (Wildman–Crippen MR) is 111 cm³/mol. The van der Waals surface area contributed by atoms with Gasteiger partial charge in [0.15, 0.2) is 0 Å². The van der Waals surface area contributed by atoms with Crippen molar-refractivity contribution < 1.29 is 9.59 Å². The number of ketones is 1. The molecule has 0 bridgehead atoms. The van der Waals surface area contributed by atoms with Gasteiger partial charge in [-0.3, -0.25) is 14.6 Å². The number of amides is 1. The topological polar surface area (TPSA) is 54.7 Å². The Labute approximate surface area is 166 Å². The number of Topliss-reactive ketones (excluding diaryl/α,β-unsaturated/α-hetero) is 1. The van der Waals surface area contributed by atoms with Gasteiger partial charge in [0.05, 0.1) is 23.3 Å². The summed E-state index contributed by atoms with van der Waals surface area (Å²) >= 11 is 0. The van der Waals surface area contributed by atoms with Crippen LogP contribution in [0.15, 0.2) is 47.6 Å². The Kier molecular flexibility index (Phi) is 4.48. The predicted octanol–water partition coefficient (Wildman–Crippen LogP) is 4.60. The molecule has 2 unspecified atom stereocenters. The molecule has 146 valence electrons. The maximum Gasteiger partial charge on any atom is 0.227 e. The van der Waals surface area contributed by atoms with E-state index in [1.165, 1.54) is 0 Å². The minimum atomic E-state index is -0.412. The van der Waals surface area contributed by atoms with Crippen LogP contribution in [0.4, 0.5) is 11.4 Å². The lowest BCUT2D eigenvalue weighted by Gasteiger charge is -2.40. The van der Waals surface area contributed by atoms with Crippen LogP contribution in [0.2, 0.25) is 0 Å². The lowest BCUT2D eigenvalue weighted by atomic mass is 9.68. The molecule has 1 aliphatic heterocycles. The molecule has 4 rings (SSSR count). The Morgan fingerprint density at radius 3 is 2.61 bits per heavy atom. The lowest BCUT2D eigenvalue weighted by Crippen LogP contribution is -2.47. The van der Waals surface area contributed by atoms with Crippen LogP contribution < -0.4 is 4.90 Å². The Morgan fingerprint density at radius 1 is 1.18 bits per heavy atom. The highest BCUT2D eigenvalue weighted by atomic mass is 16.2. The molecule has 1 saturated carbocycles. The van der Waals surface area contributed by atoms with E-state index in [0.717, 1.165) is 29.2 Å². The number of rotatable bonds is 2. The normalized spacial score (nSPS) is 23.5. The summed E-state index contributed by atoms with van der Waals surface area (Å²) in [4.78, 5) is 33.3. The summed E-state index contributed by atoms with van der Waals surface area (Å²) in [6.07, 6.45) is 3.60. The number of aliphatic imine (C=N–C) groups is 1. The smallest absolute Gasteiger partial charge is 0.227 e. The molecule has 2 aliphatic rings. The molecule has 1 aromatic carbocycles. The van der Waals surface area contributed by atoms with Gasteiger partial charge >= 0.3 is 0 Å². The fourth-order valence-corrected chi connectivity index (χ4v) is 4.66. The van der Waals surface area contributed by atoms with Crippen molar-refractivity contribution in [3.63, 3.8) is 0 Å². The van der Waals surface area contributed by atoms with Gasteiger partial charge in [-0.05, 0) is 36.1 Å². The SMILES string of the molecule is CCC(=O)N1c2ccccc2N=C2CC(C)(C)CC(=O)C2C1c1cccn1C. The number of anilines is 1. The van der Waals surface area contributed by atoms with Crippen molar-refractivity contribution in [1.29, 1.82) is 0 Å². The van der Waals surface area contributed by atoms with Crippen molar-refractivity contribution in [2.24, 2.45) is 23.4 Å². The lowest BCUT2D eigenvalue weighted by molar-refractivity contribution is -0.125. The molecule has 5 nitrogen and oxygen atoms in total. The summed E-state index contributed by atoms with van der Waals surface area (Å²) in [6, 6.07) is 11.3. The molecule has 1 aliphatic carbocycles. The molecule has 2 heterocycles. The quantitative estimate of drug-likeness (QED) is 0.768. The summed E-state index contributed by atoms with van der Waals surface area (Å²) < 4.78 is 2.01. The molecule has 0 saturated heterocycles. The van der Waals surface area contributed by atoms with Gasteiger partial charge in [0, 0.05) is 37.5 Å². The van der Waals surface area contributed by atoms with Crippen molar-refractivity contribution in [3.05, 3.63) is 48.3 Å². The summed E-state index contributed by atoms with van der Waals surface area (Å²) in [7, 11) is 1.97. The van der Waals surface area contributed by atoms with E-state index in [-0.39, 0.29) is 23.1 Å². The van der Waals surface area contributed by atoms with E-state index in [1.807, 2.05) is 66.0 Å². The molecular weight excluding hydrogens is 350 g/mol. The van der Waals surface area contributed by atoms with E-state index < -0.39 is 5.92 Å². The highest BCUT2D eigenvalue weighted by molar-refractivity contribution is 6.12. The number of carbonyl (C=O) groups is 2. The van der Waals surface area contributed by atoms with Crippen molar-refractivity contribution >= 4 is 28.8 Å². The third-order valence-corrected chi connectivity index (χ3v) is 5.88. The van der Waals surface area contributed by atoms with E-state index in [9.17, 15) is 9.59 Å². The average Bonchev–Trinajstić information content (AvgIpc) is 2.99. The van der Waals surface area contributed by atoms with Crippen LogP contribution in [0.1, 0.15) is 51.8 Å². The van der Waals surface area contributed by atoms with E-state index in [2.05, 4.69) is 13.8 Å². The fraction of sp³-hybridized carbons (Fsp3) is 0.435. The summed E-state index contributed by atoms with van der Waals surface area (Å²) in [5, 5.41) is 0.